The molecule has 15 heteroatoms. The van der Waals surface area contributed by atoms with E-state index in [2.05, 4.69) is 51.2 Å². The lowest BCUT2D eigenvalue weighted by molar-refractivity contribution is -0.198. The van der Waals surface area contributed by atoms with Crippen LogP contribution in [0.25, 0.3) is 5.57 Å². The van der Waals surface area contributed by atoms with Crippen LogP contribution in [0.3, 0.4) is 0 Å². The SMILES string of the molecule is CCc1cc2c(c3c1=[N+](C)CCC3)Oc1c(cc3c4c1CCCN4CCC3)C=2c1ccccc1C(=O)N(C)N=Nc1ccc(NC(=O)CCOCCC(=O)ON2C(=O)CCC2=O)cc1. The fourth-order valence-corrected chi connectivity index (χ4v) is 9.61. The van der Waals surface area contributed by atoms with Gasteiger partial charge in [-0.1, -0.05) is 30.3 Å². The molecule has 1 saturated heterocycles. The monoisotopic (exact) mass is 866 g/mol. The Bertz CT molecular complexity index is 2730. The molecule has 4 aromatic rings. The molecule has 1 N–H and O–H groups in total. The number of rotatable bonds is 13. The van der Waals surface area contributed by atoms with Crippen LogP contribution in [-0.2, 0) is 54.4 Å². The van der Waals surface area contributed by atoms with Gasteiger partial charge in [-0.25, -0.2) is 14.4 Å². The Balaban J connectivity index is 0.923. The van der Waals surface area contributed by atoms with E-state index in [1.54, 1.807) is 31.3 Å². The minimum atomic E-state index is -0.771. The molecule has 5 heterocycles. The van der Waals surface area contributed by atoms with Gasteiger partial charge in [-0.2, -0.15) is 0 Å². The highest BCUT2D eigenvalue weighted by Crippen LogP contribution is 2.48. The van der Waals surface area contributed by atoms with Gasteiger partial charge in [-0.3, -0.25) is 19.2 Å². The summed E-state index contributed by atoms with van der Waals surface area (Å²) in [6.07, 6.45) is 6.85. The molecule has 0 aromatic heterocycles. The quantitative estimate of drug-likeness (QED) is 0.0531. The van der Waals surface area contributed by atoms with Crippen molar-refractivity contribution in [2.45, 2.75) is 77.6 Å². The summed E-state index contributed by atoms with van der Waals surface area (Å²) in [4.78, 5) is 69.6. The highest BCUT2D eigenvalue weighted by Gasteiger charge is 2.36. The molecule has 5 aliphatic rings. The van der Waals surface area contributed by atoms with E-state index in [1.807, 2.05) is 24.3 Å². The molecule has 0 bridgehead atoms. The second kappa shape index (κ2) is 18.2. The number of anilines is 2. The standard InChI is InChI=1S/C49H51N7O8/c1-4-30-28-38-44(39-29-31-10-7-24-55-25-9-14-37(46(31)55)48(39)63-47(38)36-13-8-23-53(2)45(30)36)34-11-5-6-12-35(34)49(61)54(3)52-51-33-17-15-32(16-18-33)50-40(57)21-26-62-27-22-43(60)64-56-41(58)19-20-42(56)59/h5-6,11-12,15-18,28-29H,4,7-10,13-14,19-27H2,1-3H3/p+1. The molecule has 0 spiro atoms. The van der Waals surface area contributed by atoms with Gasteiger partial charge in [0, 0.05) is 83.8 Å². The number of fused-ring (bicyclic) bond motifs is 5. The van der Waals surface area contributed by atoms with Crippen molar-refractivity contribution in [3.8, 4) is 11.5 Å². The fourth-order valence-electron chi connectivity index (χ4n) is 9.61. The lowest BCUT2D eigenvalue weighted by Gasteiger charge is -2.39. The Morgan fingerprint density at radius 3 is 2.38 bits per heavy atom. The molecule has 1 fully saturated rings. The first-order valence-electron chi connectivity index (χ1n) is 22.3. The Kier molecular flexibility index (Phi) is 12.1. The Morgan fingerprint density at radius 2 is 1.59 bits per heavy atom. The van der Waals surface area contributed by atoms with Gasteiger partial charge in [0.05, 0.1) is 37.3 Å². The van der Waals surface area contributed by atoms with E-state index in [4.69, 9.17) is 14.3 Å². The summed E-state index contributed by atoms with van der Waals surface area (Å²) in [6.45, 7) is 5.32. The number of carbonyl (C=O) groups is 5. The lowest BCUT2D eigenvalue weighted by atomic mass is 9.82. The maximum Gasteiger partial charge on any atom is 0.335 e. The van der Waals surface area contributed by atoms with E-state index in [0.717, 1.165) is 98.0 Å². The topological polar surface area (TPSA) is 163 Å². The molecule has 64 heavy (non-hydrogen) atoms. The summed E-state index contributed by atoms with van der Waals surface area (Å²) >= 11 is 0. The Labute approximate surface area is 370 Å². The molecule has 0 unspecified atom stereocenters. The minimum Gasteiger partial charge on any atom is -0.455 e. The zero-order chi connectivity index (χ0) is 44.5. The molecule has 4 amide bonds. The smallest absolute Gasteiger partial charge is 0.335 e. The average molecular weight is 867 g/mol. The number of hydrogen-bond donors (Lipinski definition) is 1. The third-order valence-electron chi connectivity index (χ3n) is 12.6. The van der Waals surface area contributed by atoms with Crippen molar-refractivity contribution >= 4 is 52.2 Å². The minimum absolute atomic E-state index is 0.0162. The van der Waals surface area contributed by atoms with Crippen LogP contribution in [0.1, 0.15) is 95.6 Å². The van der Waals surface area contributed by atoms with Crippen molar-refractivity contribution in [3.63, 3.8) is 0 Å². The number of imide groups is 1. The summed E-state index contributed by atoms with van der Waals surface area (Å²) in [5, 5.41) is 15.5. The zero-order valence-electron chi connectivity index (χ0n) is 36.5. The Hall–Kier alpha value is -6.74. The molecule has 0 saturated carbocycles. The average Bonchev–Trinajstić information content (AvgIpc) is 3.62. The first-order chi connectivity index (χ1) is 31.1. The van der Waals surface area contributed by atoms with Crippen LogP contribution < -0.4 is 30.1 Å². The molecular formula is C49H52N7O8+. The van der Waals surface area contributed by atoms with E-state index in [0.29, 0.717) is 22.0 Å². The van der Waals surface area contributed by atoms with Crippen LogP contribution >= 0.6 is 0 Å². The summed E-state index contributed by atoms with van der Waals surface area (Å²) in [6, 6.07) is 19.2. The Morgan fingerprint density at radius 1 is 0.859 bits per heavy atom. The van der Waals surface area contributed by atoms with E-state index in [-0.39, 0.29) is 50.7 Å². The predicted molar refractivity (Wildman–Crippen MR) is 238 cm³/mol. The molecule has 5 aliphatic heterocycles. The van der Waals surface area contributed by atoms with Gasteiger partial charge in [0.15, 0.2) is 0 Å². The number of hydroxylamine groups is 2. The van der Waals surface area contributed by atoms with Crippen LogP contribution in [0.15, 0.2) is 71.0 Å². The van der Waals surface area contributed by atoms with Crippen molar-refractivity contribution in [1.82, 2.24) is 14.6 Å². The third kappa shape index (κ3) is 8.27. The number of aryl methyl sites for hydroxylation is 2. The second-order valence-corrected chi connectivity index (χ2v) is 16.8. The second-order valence-electron chi connectivity index (χ2n) is 16.8. The molecule has 0 atom stereocenters. The molecule has 330 valence electrons. The van der Waals surface area contributed by atoms with Gasteiger partial charge in [-0.05, 0) is 92.1 Å². The summed E-state index contributed by atoms with van der Waals surface area (Å²) in [5.41, 5.74) is 10.9. The largest absolute Gasteiger partial charge is 0.455 e. The fraction of sp³-hybridized carbons (Fsp3) is 0.388. The number of nitrogens with one attached hydrogen (secondary N) is 1. The molecular weight excluding hydrogens is 815 g/mol. The number of hydrogen-bond acceptors (Lipinski definition) is 11. The van der Waals surface area contributed by atoms with Crippen LogP contribution in [0, 0.1) is 0 Å². The maximum absolute atomic E-state index is 14.5. The van der Waals surface area contributed by atoms with Crippen LogP contribution in [0.4, 0.5) is 17.1 Å². The van der Waals surface area contributed by atoms with E-state index >= 15 is 0 Å². The van der Waals surface area contributed by atoms with Gasteiger partial charge < -0.3 is 24.5 Å². The highest BCUT2D eigenvalue weighted by molar-refractivity contribution is 6.03. The van der Waals surface area contributed by atoms with E-state index in [9.17, 15) is 24.0 Å². The first-order valence-corrected chi connectivity index (χ1v) is 22.3. The van der Waals surface area contributed by atoms with Crippen LogP contribution in [0.2, 0.25) is 0 Å². The van der Waals surface area contributed by atoms with Crippen molar-refractivity contribution in [1.29, 1.82) is 0 Å². The van der Waals surface area contributed by atoms with E-state index in [1.165, 1.54) is 38.3 Å². The summed E-state index contributed by atoms with van der Waals surface area (Å²) in [7, 11) is 3.78. The zero-order valence-corrected chi connectivity index (χ0v) is 36.5. The third-order valence-corrected chi connectivity index (χ3v) is 12.6. The van der Waals surface area contributed by atoms with Crippen LogP contribution in [0.5, 0.6) is 11.5 Å². The van der Waals surface area contributed by atoms with E-state index < -0.39 is 17.8 Å². The molecule has 15 nitrogen and oxygen atoms in total. The van der Waals surface area contributed by atoms with Crippen molar-refractivity contribution in [3.05, 3.63) is 110 Å². The number of benzene rings is 4. The summed E-state index contributed by atoms with van der Waals surface area (Å²) in [5.74, 6) is -0.660. The predicted octanol–water partition coefficient (Wildman–Crippen LogP) is 5.48. The maximum atomic E-state index is 14.5. The molecule has 0 radical (unpaired) electrons. The first kappa shape index (κ1) is 42.6. The lowest BCUT2D eigenvalue weighted by Crippen LogP contribution is -2.40. The van der Waals surface area contributed by atoms with Gasteiger partial charge in [0.2, 0.25) is 11.3 Å². The van der Waals surface area contributed by atoms with Gasteiger partial charge in [0.25, 0.3) is 17.7 Å². The van der Waals surface area contributed by atoms with Crippen molar-refractivity contribution in [2.24, 2.45) is 10.3 Å². The van der Waals surface area contributed by atoms with Gasteiger partial charge in [-0.15, -0.1) is 10.2 Å². The highest BCUT2D eigenvalue weighted by atomic mass is 16.7. The molecule has 4 aromatic carbocycles. The van der Waals surface area contributed by atoms with Gasteiger partial charge >= 0.3 is 5.97 Å². The number of nitrogens with zero attached hydrogens (tertiary/aromatic N) is 6. The molecule has 9 rings (SSSR count). The number of ether oxygens (including phenoxy) is 2. The normalized spacial score (nSPS) is 16.2. The number of carbonyl (C=O) groups excluding carboxylic acids is 5. The van der Waals surface area contributed by atoms with Crippen molar-refractivity contribution < 1.29 is 38.3 Å². The number of amides is 4. The van der Waals surface area contributed by atoms with Crippen LogP contribution in [-0.4, -0.2) is 86.6 Å². The van der Waals surface area contributed by atoms with Crippen molar-refractivity contribution in [2.75, 3.05) is 57.2 Å². The summed E-state index contributed by atoms with van der Waals surface area (Å²) < 4.78 is 14.9. The van der Waals surface area contributed by atoms with Gasteiger partial charge in [0.1, 0.15) is 25.1 Å². The molecule has 0 aliphatic carbocycles.